The van der Waals surface area contributed by atoms with Crippen LogP contribution in [0.2, 0.25) is 0 Å². The number of ether oxygens (including phenoxy) is 2. The quantitative estimate of drug-likeness (QED) is 0.605. The van der Waals surface area contributed by atoms with Crippen molar-refractivity contribution in [2.45, 2.75) is 12.2 Å². The lowest BCUT2D eigenvalue weighted by molar-refractivity contribution is -0.158. The number of hydrogen-bond acceptors (Lipinski definition) is 5. The molecule has 3 N–H and O–H groups in total. The van der Waals surface area contributed by atoms with Crippen molar-refractivity contribution in [1.29, 1.82) is 0 Å². The number of amides is 2. The fraction of sp³-hybridized carbons (Fsp3) is 0.300. The van der Waals surface area contributed by atoms with Gasteiger partial charge in [0, 0.05) is 18.3 Å². The normalized spacial score (nSPS) is 12.1. The van der Waals surface area contributed by atoms with E-state index in [0.717, 1.165) is 0 Å². The van der Waals surface area contributed by atoms with Crippen LogP contribution in [0.5, 0.6) is 11.5 Å². The predicted octanol–water partition coefficient (Wildman–Crippen LogP) is 2.90. The van der Waals surface area contributed by atoms with Gasteiger partial charge in [-0.15, -0.1) is 0 Å². The van der Waals surface area contributed by atoms with E-state index in [1.807, 2.05) is 0 Å². The maximum Gasteiger partial charge on any atom is 0.407 e. The van der Waals surface area contributed by atoms with Gasteiger partial charge in [-0.25, -0.2) is 0 Å². The van der Waals surface area contributed by atoms with Crippen molar-refractivity contribution < 1.29 is 32.2 Å². The number of nitrogens with one attached hydrogen (secondary N) is 3. The largest absolute Gasteiger partial charge is 0.493 e. The molecule has 0 spiro atoms. The molecule has 162 valence electrons. The van der Waals surface area contributed by atoms with E-state index in [1.54, 1.807) is 0 Å². The van der Waals surface area contributed by atoms with Gasteiger partial charge in [-0.3, -0.25) is 14.9 Å². The fourth-order valence-electron chi connectivity index (χ4n) is 2.70. The summed E-state index contributed by atoms with van der Waals surface area (Å²) >= 11 is 0. The van der Waals surface area contributed by atoms with Gasteiger partial charge in [0.2, 0.25) is 5.91 Å². The van der Waals surface area contributed by atoms with Crippen LogP contribution in [0.15, 0.2) is 42.5 Å². The molecular formula is C20H22F3N3O4. The van der Waals surface area contributed by atoms with Crippen molar-refractivity contribution in [2.75, 3.05) is 33.1 Å². The summed E-state index contributed by atoms with van der Waals surface area (Å²) in [4.78, 5) is 23.6. The molecule has 0 unspecified atom stereocenters. The number of hydrogen-bond donors (Lipinski definition) is 3. The lowest BCUT2D eigenvalue weighted by Gasteiger charge is -2.23. The predicted molar refractivity (Wildman–Crippen MR) is 105 cm³/mol. The third kappa shape index (κ3) is 5.86. The zero-order valence-corrected chi connectivity index (χ0v) is 16.6. The molecule has 2 aromatic carbocycles. The summed E-state index contributed by atoms with van der Waals surface area (Å²) < 4.78 is 50.7. The van der Waals surface area contributed by atoms with E-state index in [4.69, 9.17) is 9.47 Å². The summed E-state index contributed by atoms with van der Waals surface area (Å²) in [6.07, 6.45) is -4.64. The van der Waals surface area contributed by atoms with Crippen molar-refractivity contribution in [3.05, 3.63) is 53.6 Å². The Morgan fingerprint density at radius 3 is 2.17 bits per heavy atom. The van der Waals surface area contributed by atoms with Crippen molar-refractivity contribution in [3.8, 4) is 11.5 Å². The third-order valence-electron chi connectivity index (χ3n) is 4.19. The van der Waals surface area contributed by atoms with Gasteiger partial charge in [0.15, 0.2) is 11.5 Å². The zero-order chi connectivity index (χ0) is 22.3. The lowest BCUT2D eigenvalue weighted by atomic mass is 10.1. The van der Waals surface area contributed by atoms with E-state index in [2.05, 4.69) is 16.0 Å². The SMILES string of the molecule is CNC(=O)c1ccc(NC(=O)CN[C@@H](c2ccc(OC)c(OC)c2)C(F)(F)F)cc1. The number of anilines is 1. The molecule has 0 aliphatic rings. The first-order valence-corrected chi connectivity index (χ1v) is 8.83. The Morgan fingerprint density at radius 2 is 1.63 bits per heavy atom. The van der Waals surface area contributed by atoms with Gasteiger partial charge >= 0.3 is 6.18 Å². The molecule has 0 radical (unpaired) electrons. The molecule has 7 nitrogen and oxygen atoms in total. The van der Waals surface area contributed by atoms with Crippen LogP contribution in [0, 0.1) is 0 Å². The minimum absolute atomic E-state index is 0.122. The van der Waals surface area contributed by atoms with E-state index >= 15 is 0 Å². The van der Waals surface area contributed by atoms with Crippen LogP contribution >= 0.6 is 0 Å². The van der Waals surface area contributed by atoms with Crippen molar-refractivity contribution >= 4 is 17.5 Å². The van der Waals surface area contributed by atoms with Crippen LogP contribution in [0.25, 0.3) is 0 Å². The Hall–Kier alpha value is -3.27. The molecular weight excluding hydrogens is 403 g/mol. The molecule has 0 heterocycles. The highest BCUT2D eigenvalue weighted by molar-refractivity contribution is 5.96. The second-order valence-electron chi connectivity index (χ2n) is 6.17. The summed E-state index contributed by atoms with van der Waals surface area (Å²) in [6.45, 7) is -0.588. The first-order valence-electron chi connectivity index (χ1n) is 8.83. The number of methoxy groups -OCH3 is 2. The third-order valence-corrected chi connectivity index (χ3v) is 4.19. The van der Waals surface area contributed by atoms with Gasteiger partial charge in [-0.05, 0) is 42.0 Å². The number of rotatable bonds is 8. The van der Waals surface area contributed by atoms with E-state index in [0.29, 0.717) is 17.0 Å². The number of alkyl halides is 3. The Bertz CT molecular complexity index is 886. The summed E-state index contributed by atoms with van der Waals surface area (Å²) in [6, 6.07) is 7.69. The van der Waals surface area contributed by atoms with Crippen molar-refractivity contribution in [1.82, 2.24) is 10.6 Å². The Kier molecular flexibility index (Phi) is 7.65. The highest BCUT2D eigenvalue weighted by Gasteiger charge is 2.41. The van der Waals surface area contributed by atoms with E-state index in [-0.39, 0.29) is 17.2 Å². The Balaban J connectivity index is 2.07. The van der Waals surface area contributed by atoms with Crippen molar-refractivity contribution in [2.24, 2.45) is 0 Å². The van der Waals surface area contributed by atoms with Crippen LogP contribution in [-0.4, -0.2) is 45.8 Å². The second kappa shape index (κ2) is 9.97. The summed E-state index contributed by atoms with van der Waals surface area (Å²) in [5.74, 6) is -0.526. The van der Waals surface area contributed by atoms with Gasteiger partial charge in [-0.2, -0.15) is 13.2 Å². The maximum absolute atomic E-state index is 13.6. The average Bonchev–Trinajstić information content (AvgIpc) is 2.72. The highest BCUT2D eigenvalue weighted by Crippen LogP contribution is 2.37. The van der Waals surface area contributed by atoms with Crippen LogP contribution in [0.4, 0.5) is 18.9 Å². The topological polar surface area (TPSA) is 88.7 Å². The van der Waals surface area contributed by atoms with Gasteiger partial charge in [0.25, 0.3) is 5.91 Å². The molecule has 0 aliphatic carbocycles. The summed E-state index contributed by atoms with van der Waals surface area (Å²) in [7, 11) is 4.18. The van der Waals surface area contributed by atoms with E-state index < -0.39 is 24.7 Å². The molecule has 0 aliphatic heterocycles. The molecule has 0 bridgehead atoms. The number of halogens is 3. The molecule has 1 atom stereocenters. The first-order chi connectivity index (χ1) is 14.2. The Morgan fingerprint density at radius 1 is 1.00 bits per heavy atom. The zero-order valence-electron chi connectivity index (χ0n) is 16.6. The van der Waals surface area contributed by atoms with Crippen molar-refractivity contribution in [3.63, 3.8) is 0 Å². The number of benzene rings is 2. The highest BCUT2D eigenvalue weighted by atomic mass is 19.4. The summed E-state index contributed by atoms with van der Waals surface area (Å²) in [5.41, 5.74) is 0.617. The Labute approximate surface area is 171 Å². The fourth-order valence-corrected chi connectivity index (χ4v) is 2.70. The van der Waals surface area contributed by atoms with E-state index in [9.17, 15) is 22.8 Å². The first kappa shape index (κ1) is 23.0. The number of carbonyl (C=O) groups is 2. The van der Waals surface area contributed by atoms with Gasteiger partial charge in [0.1, 0.15) is 6.04 Å². The van der Waals surface area contributed by atoms with Gasteiger partial charge in [0.05, 0.1) is 20.8 Å². The second-order valence-corrected chi connectivity index (χ2v) is 6.17. The lowest BCUT2D eigenvalue weighted by Crippen LogP contribution is -2.38. The molecule has 30 heavy (non-hydrogen) atoms. The van der Waals surface area contributed by atoms with Crippen LogP contribution in [0.3, 0.4) is 0 Å². The monoisotopic (exact) mass is 425 g/mol. The smallest absolute Gasteiger partial charge is 0.407 e. The molecule has 0 aromatic heterocycles. The molecule has 0 fully saturated rings. The minimum atomic E-state index is -4.64. The minimum Gasteiger partial charge on any atom is -0.493 e. The molecule has 0 saturated carbocycles. The summed E-state index contributed by atoms with van der Waals surface area (Å²) in [5, 5.41) is 7.17. The van der Waals surface area contributed by atoms with Crippen LogP contribution in [-0.2, 0) is 4.79 Å². The van der Waals surface area contributed by atoms with Gasteiger partial charge < -0.3 is 20.1 Å². The molecule has 2 rings (SSSR count). The standard InChI is InChI=1S/C20H22F3N3O4/c1-24-19(28)12-4-7-14(8-5-12)26-17(27)11-25-18(20(21,22)23)13-6-9-15(29-2)16(10-13)30-3/h4-10,18,25H,11H2,1-3H3,(H,24,28)(H,26,27)/t18-/m0/s1. The molecule has 0 saturated heterocycles. The van der Waals surface area contributed by atoms with E-state index in [1.165, 1.54) is 63.7 Å². The maximum atomic E-state index is 13.6. The molecule has 10 heteroatoms. The van der Waals surface area contributed by atoms with Crippen LogP contribution in [0.1, 0.15) is 22.0 Å². The van der Waals surface area contributed by atoms with Crippen LogP contribution < -0.4 is 25.4 Å². The average molecular weight is 425 g/mol. The van der Waals surface area contributed by atoms with Gasteiger partial charge in [-0.1, -0.05) is 6.07 Å². The molecule has 2 amide bonds. The molecule has 2 aromatic rings. The number of carbonyl (C=O) groups excluding carboxylic acids is 2.